The van der Waals surface area contributed by atoms with Crippen LogP contribution in [0.1, 0.15) is 33.6 Å². The van der Waals surface area contributed by atoms with E-state index >= 15 is 0 Å². The molecule has 0 unspecified atom stereocenters. The molecule has 0 aromatic heterocycles. The molecular formula is C15H30N4. The summed E-state index contributed by atoms with van der Waals surface area (Å²) in [6, 6.07) is 1.19. The maximum absolute atomic E-state index is 5.80. The van der Waals surface area contributed by atoms with Gasteiger partial charge in [0.15, 0.2) is 0 Å². The van der Waals surface area contributed by atoms with E-state index in [0.29, 0.717) is 12.1 Å². The summed E-state index contributed by atoms with van der Waals surface area (Å²) < 4.78 is 0. The third kappa shape index (κ3) is 4.96. The molecule has 0 bridgehead atoms. The summed E-state index contributed by atoms with van der Waals surface area (Å²) in [6.45, 7) is 8.30. The fourth-order valence-corrected chi connectivity index (χ4v) is 2.22. The Kier molecular flexibility index (Phi) is 6.01. The molecule has 0 spiro atoms. The lowest BCUT2D eigenvalue weighted by Crippen LogP contribution is -2.46. The van der Waals surface area contributed by atoms with Gasteiger partial charge in [-0.05, 0) is 60.3 Å². The first-order valence-corrected chi connectivity index (χ1v) is 7.14. The van der Waals surface area contributed by atoms with E-state index < -0.39 is 0 Å². The maximum atomic E-state index is 5.80. The number of nitrogens with two attached hydrogens (primary N) is 1. The fraction of sp³-hybridized carbons (Fsp3) is 0.800. The van der Waals surface area contributed by atoms with Crippen LogP contribution in [-0.4, -0.2) is 61.8 Å². The topological polar surface area (TPSA) is 44.9 Å². The Morgan fingerprint density at radius 1 is 1.11 bits per heavy atom. The van der Waals surface area contributed by atoms with Crippen LogP contribution in [0.2, 0.25) is 0 Å². The van der Waals surface area contributed by atoms with Gasteiger partial charge in [-0.2, -0.15) is 0 Å². The number of rotatable bonds is 6. The van der Waals surface area contributed by atoms with Crippen LogP contribution >= 0.6 is 0 Å². The molecule has 0 aromatic carbocycles. The van der Waals surface area contributed by atoms with Crippen molar-refractivity contribution in [3.8, 4) is 0 Å². The molecule has 1 aliphatic rings. The second-order valence-corrected chi connectivity index (χ2v) is 6.09. The molecular weight excluding hydrogens is 236 g/mol. The first-order valence-electron chi connectivity index (χ1n) is 7.14. The van der Waals surface area contributed by atoms with E-state index in [1.54, 1.807) is 0 Å². The second kappa shape index (κ2) is 7.06. The lowest BCUT2D eigenvalue weighted by Gasteiger charge is -2.40. The molecule has 4 heteroatoms. The van der Waals surface area contributed by atoms with Crippen molar-refractivity contribution in [2.24, 2.45) is 10.7 Å². The normalized spacial score (nSPS) is 25.6. The van der Waals surface area contributed by atoms with E-state index in [4.69, 9.17) is 10.7 Å². The molecule has 0 radical (unpaired) electrons. The van der Waals surface area contributed by atoms with E-state index in [-0.39, 0.29) is 0 Å². The van der Waals surface area contributed by atoms with E-state index in [9.17, 15) is 0 Å². The first-order chi connectivity index (χ1) is 8.81. The Bertz CT molecular complexity index is 347. The van der Waals surface area contributed by atoms with Crippen molar-refractivity contribution in [2.45, 2.75) is 45.7 Å². The molecule has 1 rings (SSSR count). The highest BCUT2D eigenvalue weighted by Gasteiger charge is 2.31. The van der Waals surface area contributed by atoms with Gasteiger partial charge in [0.25, 0.3) is 0 Å². The Balaban J connectivity index is 2.38. The van der Waals surface area contributed by atoms with Crippen LogP contribution in [0.5, 0.6) is 0 Å². The predicted molar refractivity (Wildman–Crippen MR) is 83.7 cm³/mol. The summed E-state index contributed by atoms with van der Waals surface area (Å²) in [5, 5.41) is 0. The summed E-state index contributed by atoms with van der Waals surface area (Å²) in [5.41, 5.74) is 8.90. The number of hydrogen-bond acceptors (Lipinski definition) is 4. The van der Waals surface area contributed by atoms with Crippen molar-refractivity contribution >= 4 is 5.71 Å². The highest BCUT2D eigenvalue weighted by atomic mass is 15.2. The van der Waals surface area contributed by atoms with Gasteiger partial charge in [0.1, 0.15) is 0 Å². The maximum Gasteiger partial charge on any atom is 0.0532 e. The van der Waals surface area contributed by atoms with E-state index in [2.05, 4.69) is 37.9 Å². The van der Waals surface area contributed by atoms with Crippen LogP contribution in [-0.2, 0) is 0 Å². The molecule has 1 fully saturated rings. The van der Waals surface area contributed by atoms with Gasteiger partial charge in [0.05, 0.1) is 6.04 Å². The molecule has 1 aliphatic carbocycles. The highest BCUT2D eigenvalue weighted by molar-refractivity contribution is 5.98. The van der Waals surface area contributed by atoms with Crippen LogP contribution in [0, 0.1) is 0 Å². The van der Waals surface area contributed by atoms with E-state index in [1.807, 2.05) is 13.8 Å². The predicted octanol–water partition coefficient (Wildman–Crippen LogP) is 1.72. The third-order valence-corrected chi connectivity index (χ3v) is 4.12. The Hall–Kier alpha value is -0.870. The Morgan fingerprint density at radius 2 is 1.68 bits per heavy atom. The molecule has 4 nitrogen and oxygen atoms in total. The van der Waals surface area contributed by atoms with Gasteiger partial charge >= 0.3 is 0 Å². The van der Waals surface area contributed by atoms with Gasteiger partial charge in [-0.3, -0.25) is 4.99 Å². The van der Waals surface area contributed by atoms with Crippen molar-refractivity contribution in [1.29, 1.82) is 0 Å². The average Bonchev–Trinajstić information content (AvgIpc) is 2.28. The minimum atomic E-state index is 0.487. The average molecular weight is 266 g/mol. The largest absolute Gasteiger partial charge is 0.402 e. The van der Waals surface area contributed by atoms with E-state index in [0.717, 1.165) is 30.1 Å². The zero-order valence-corrected chi connectivity index (χ0v) is 13.4. The minimum absolute atomic E-state index is 0.487. The summed E-state index contributed by atoms with van der Waals surface area (Å²) in [6.07, 6.45) is 2.36. The fourth-order valence-electron chi connectivity index (χ4n) is 2.22. The summed E-state index contributed by atoms with van der Waals surface area (Å²) in [7, 11) is 6.46. The van der Waals surface area contributed by atoms with Gasteiger partial charge in [-0.1, -0.05) is 0 Å². The number of aliphatic imine (C=N–C) groups is 1. The summed E-state index contributed by atoms with van der Waals surface area (Å²) in [4.78, 5) is 9.46. The van der Waals surface area contributed by atoms with Gasteiger partial charge in [0, 0.05) is 30.5 Å². The second-order valence-electron chi connectivity index (χ2n) is 6.09. The lowest BCUT2D eigenvalue weighted by molar-refractivity contribution is 0.131. The van der Waals surface area contributed by atoms with Crippen molar-refractivity contribution in [1.82, 2.24) is 9.80 Å². The molecule has 0 amide bonds. The molecule has 0 aromatic rings. The van der Waals surface area contributed by atoms with Gasteiger partial charge in [-0.25, -0.2) is 0 Å². The number of allylic oxidation sites excluding steroid dienone is 2. The molecule has 0 aliphatic heterocycles. The number of hydrogen-bond donors (Lipinski definition) is 1. The standard InChI is InChI=1S/C15H30N4/c1-11(12(2)16)13(3)17-14-9-15(10-14)19(6)8-7-18(4)5/h14-15H,7-10,16H2,1-6H3/b12-11-,17-13?. The summed E-state index contributed by atoms with van der Waals surface area (Å²) in [5.74, 6) is 0. The molecule has 1 saturated carbocycles. The van der Waals surface area contributed by atoms with Crippen molar-refractivity contribution in [3.63, 3.8) is 0 Å². The zero-order chi connectivity index (χ0) is 14.6. The minimum Gasteiger partial charge on any atom is -0.402 e. The smallest absolute Gasteiger partial charge is 0.0532 e. The Morgan fingerprint density at radius 3 is 2.16 bits per heavy atom. The quantitative estimate of drug-likeness (QED) is 0.745. The number of nitrogens with zero attached hydrogens (tertiary/aromatic N) is 3. The molecule has 0 heterocycles. The van der Waals surface area contributed by atoms with Gasteiger partial charge < -0.3 is 15.5 Å². The van der Waals surface area contributed by atoms with Crippen LogP contribution in [0.3, 0.4) is 0 Å². The van der Waals surface area contributed by atoms with Crippen LogP contribution in [0.4, 0.5) is 0 Å². The van der Waals surface area contributed by atoms with Crippen molar-refractivity contribution < 1.29 is 0 Å². The van der Waals surface area contributed by atoms with Crippen molar-refractivity contribution in [2.75, 3.05) is 34.2 Å². The molecule has 0 saturated heterocycles. The van der Waals surface area contributed by atoms with E-state index in [1.165, 1.54) is 12.8 Å². The van der Waals surface area contributed by atoms with Crippen LogP contribution < -0.4 is 5.73 Å². The molecule has 19 heavy (non-hydrogen) atoms. The van der Waals surface area contributed by atoms with Crippen LogP contribution in [0.25, 0.3) is 0 Å². The van der Waals surface area contributed by atoms with Crippen LogP contribution in [0.15, 0.2) is 16.3 Å². The summed E-state index contributed by atoms with van der Waals surface area (Å²) >= 11 is 0. The first kappa shape index (κ1) is 16.2. The SMILES string of the molecule is CC(=NC1CC(N(C)CCN(C)C)C1)/C(C)=C(/C)N. The Labute approximate surface area is 118 Å². The van der Waals surface area contributed by atoms with Crippen molar-refractivity contribution in [3.05, 3.63) is 11.3 Å². The third-order valence-electron chi connectivity index (χ3n) is 4.12. The molecule has 110 valence electrons. The van der Waals surface area contributed by atoms with Gasteiger partial charge in [0.2, 0.25) is 0 Å². The highest BCUT2D eigenvalue weighted by Crippen LogP contribution is 2.28. The monoisotopic (exact) mass is 266 g/mol. The molecule has 0 atom stereocenters. The zero-order valence-electron chi connectivity index (χ0n) is 13.4. The number of likely N-dealkylation sites (N-methyl/N-ethyl adjacent to an activating group) is 2. The van der Waals surface area contributed by atoms with Gasteiger partial charge in [-0.15, -0.1) is 0 Å². The molecule has 2 N–H and O–H groups in total. The lowest BCUT2D eigenvalue weighted by atomic mass is 9.86.